The molecule has 0 aliphatic rings. The molecular weight excluding hydrogens is 362 g/mol. The fourth-order valence-electron chi connectivity index (χ4n) is 4.40. The maximum absolute atomic E-state index is 2.39. The Balaban J connectivity index is 1.85. The molecule has 0 heterocycles. The summed E-state index contributed by atoms with van der Waals surface area (Å²) < 4.78 is 1.00. The van der Waals surface area contributed by atoms with Crippen molar-refractivity contribution in [2.45, 2.75) is 77.2 Å². The third-order valence-electron chi connectivity index (χ3n) is 6.30. The zero-order chi connectivity index (χ0) is 21.5. The van der Waals surface area contributed by atoms with E-state index in [1.165, 1.54) is 75.3 Å². The molecule has 1 nitrogen and oxygen atoms in total. The predicted octanol–water partition coefficient (Wildman–Crippen LogP) is 8.44. The van der Waals surface area contributed by atoms with E-state index in [9.17, 15) is 0 Å². The zero-order valence-corrected chi connectivity index (χ0v) is 19.7. The predicted molar refractivity (Wildman–Crippen MR) is 133 cm³/mol. The van der Waals surface area contributed by atoms with Gasteiger partial charge in [-0.2, -0.15) is 0 Å². The Morgan fingerprint density at radius 1 is 0.700 bits per heavy atom. The maximum Gasteiger partial charge on any atom is 0.114 e. The van der Waals surface area contributed by atoms with Gasteiger partial charge >= 0.3 is 0 Å². The van der Waals surface area contributed by atoms with Gasteiger partial charge in [0, 0.05) is 12.0 Å². The average molecular weight is 407 g/mol. The van der Waals surface area contributed by atoms with Crippen molar-refractivity contribution >= 4 is 6.08 Å². The van der Waals surface area contributed by atoms with E-state index in [1.54, 1.807) is 0 Å². The molecule has 0 bridgehead atoms. The van der Waals surface area contributed by atoms with Gasteiger partial charge in [-0.3, -0.25) is 0 Å². The Kier molecular flexibility index (Phi) is 11.6. The quantitative estimate of drug-likeness (QED) is 0.205. The van der Waals surface area contributed by atoms with Crippen LogP contribution in [0.25, 0.3) is 6.08 Å². The Hall–Kier alpha value is -1.86. The lowest BCUT2D eigenvalue weighted by molar-refractivity contribution is -0.916. The Morgan fingerprint density at radius 3 is 1.83 bits per heavy atom. The van der Waals surface area contributed by atoms with E-state index in [0.717, 1.165) is 11.0 Å². The molecule has 0 aliphatic carbocycles. The minimum absolute atomic E-state index is 0.552. The van der Waals surface area contributed by atoms with Crippen LogP contribution in [-0.4, -0.2) is 25.1 Å². The number of likely N-dealkylation sites (N-methyl/N-ethyl adjacent to an activating group) is 1. The van der Waals surface area contributed by atoms with Crippen molar-refractivity contribution < 1.29 is 4.48 Å². The van der Waals surface area contributed by atoms with Crippen LogP contribution in [0.2, 0.25) is 0 Å². The van der Waals surface area contributed by atoms with Crippen LogP contribution in [-0.2, 0) is 0 Å². The van der Waals surface area contributed by atoms with Crippen molar-refractivity contribution in [3.05, 3.63) is 77.9 Å². The summed E-state index contributed by atoms with van der Waals surface area (Å²) in [5, 5.41) is 0. The van der Waals surface area contributed by atoms with Gasteiger partial charge in [0.2, 0.25) is 0 Å². The van der Waals surface area contributed by atoms with Crippen molar-refractivity contribution in [1.82, 2.24) is 0 Å². The summed E-state index contributed by atoms with van der Waals surface area (Å²) in [7, 11) is 4.78. The summed E-state index contributed by atoms with van der Waals surface area (Å²) in [6.45, 7) is 3.34. The molecule has 1 atom stereocenters. The summed E-state index contributed by atoms with van der Waals surface area (Å²) in [5.74, 6) is 0. The first-order valence-electron chi connectivity index (χ1n) is 12.2. The largest absolute Gasteiger partial charge is 0.319 e. The third kappa shape index (κ3) is 9.30. The van der Waals surface area contributed by atoms with Crippen molar-refractivity contribution in [3.63, 3.8) is 0 Å². The van der Waals surface area contributed by atoms with Gasteiger partial charge in [0.1, 0.15) is 6.04 Å². The molecule has 164 valence electrons. The molecule has 2 rings (SSSR count). The summed E-state index contributed by atoms with van der Waals surface area (Å²) in [6.07, 6.45) is 18.4. The van der Waals surface area contributed by atoms with E-state index in [2.05, 4.69) is 93.8 Å². The van der Waals surface area contributed by atoms with Crippen LogP contribution in [0.1, 0.15) is 88.3 Å². The van der Waals surface area contributed by atoms with Gasteiger partial charge in [-0.25, -0.2) is 0 Å². The van der Waals surface area contributed by atoms with Crippen LogP contribution < -0.4 is 0 Å². The fraction of sp³-hybridized carbons (Fsp3) is 0.517. The first kappa shape index (κ1) is 24.4. The molecule has 2 aromatic carbocycles. The van der Waals surface area contributed by atoms with E-state index >= 15 is 0 Å². The lowest BCUT2D eigenvalue weighted by Gasteiger charge is -2.38. The zero-order valence-electron chi connectivity index (χ0n) is 19.7. The van der Waals surface area contributed by atoms with E-state index in [1.807, 2.05) is 0 Å². The summed E-state index contributed by atoms with van der Waals surface area (Å²) in [6, 6.07) is 22.3. The van der Waals surface area contributed by atoms with Crippen LogP contribution in [0.5, 0.6) is 0 Å². The molecule has 1 unspecified atom stereocenters. The summed E-state index contributed by atoms with van der Waals surface area (Å²) in [4.78, 5) is 0. The van der Waals surface area contributed by atoms with Crippen LogP contribution in [0.15, 0.2) is 66.7 Å². The van der Waals surface area contributed by atoms with E-state index in [0.29, 0.717) is 6.04 Å². The summed E-state index contributed by atoms with van der Waals surface area (Å²) >= 11 is 0. The standard InChI is InChI=1S/C29H44N/c1-4-5-6-7-8-9-10-11-18-25-29(28-23-16-13-17-24-28)30(2,3)26-19-22-27-20-14-12-15-21-27/h12-17,19-24,29H,4-11,18,25-26H2,1-3H3/q+1. The molecule has 1 heteroatoms. The van der Waals surface area contributed by atoms with E-state index in [-0.39, 0.29) is 0 Å². The monoisotopic (exact) mass is 406 g/mol. The highest BCUT2D eigenvalue weighted by atomic mass is 15.3. The number of hydrogen-bond donors (Lipinski definition) is 0. The SMILES string of the molecule is CCCCCCCCCCCC(c1ccccc1)[N+](C)(C)CC=Cc1ccccc1. The van der Waals surface area contributed by atoms with Gasteiger partial charge in [-0.15, -0.1) is 0 Å². The summed E-state index contributed by atoms with van der Waals surface area (Å²) in [5.41, 5.74) is 2.77. The second-order valence-corrected chi connectivity index (χ2v) is 9.32. The number of rotatable bonds is 15. The van der Waals surface area contributed by atoms with Gasteiger partial charge in [0.15, 0.2) is 0 Å². The first-order valence-corrected chi connectivity index (χ1v) is 12.2. The van der Waals surface area contributed by atoms with E-state index in [4.69, 9.17) is 0 Å². The van der Waals surface area contributed by atoms with Crippen LogP contribution >= 0.6 is 0 Å². The third-order valence-corrected chi connectivity index (χ3v) is 6.30. The highest BCUT2D eigenvalue weighted by Crippen LogP contribution is 2.30. The molecule has 30 heavy (non-hydrogen) atoms. The Labute approximate surface area is 186 Å². The van der Waals surface area contributed by atoms with Gasteiger partial charge in [0.25, 0.3) is 0 Å². The number of nitrogens with zero attached hydrogens (tertiary/aromatic N) is 1. The molecule has 0 saturated carbocycles. The first-order chi connectivity index (χ1) is 14.6. The number of unbranched alkanes of at least 4 members (excludes halogenated alkanes) is 8. The second kappa shape index (κ2) is 14.2. The van der Waals surface area contributed by atoms with Crippen LogP contribution in [0.4, 0.5) is 0 Å². The van der Waals surface area contributed by atoms with Gasteiger partial charge in [-0.05, 0) is 18.1 Å². The highest BCUT2D eigenvalue weighted by molar-refractivity contribution is 5.48. The molecule has 0 amide bonds. The van der Waals surface area contributed by atoms with Crippen molar-refractivity contribution in [2.24, 2.45) is 0 Å². The number of benzene rings is 2. The fourth-order valence-corrected chi connectivity index (χ4v) is 4.40. The minimum atomic E-state index is 0.552. The van der Waals surface area contributed by atoms with Gasteiger partial charge in [-0.1, -0.05) is 125 Å². The highest BCUT2D eigenvalue weighted by Gasteiger charge is 2.28. The lowest BCUT2D eigenvalue weighted by atomic mass is 9.96. The van der Waals surface area contributed by atoms with E-state index < -0.39 is 0 Å². The smallest absolute Gasteiger partial charge is 0.114 e. The molecule has 0 fully saturated rings. The molecule has 0 N–H and O–H groups in total. The molecule has 0 saturated heterocycles. The van der Waals surface area contributed by atoms with Crippen molar-refractivity contribution in [1.29, 1.82) is 0 Å². The maximum atomic E-state index is 2.39. The van der Waals surface area contributed by atoms with Crippen LogP contribution in [0.3, 0.4) is 0 Å². The normalized spacial score (nSPS) is 13.0. The minimum Gasteiger partial charge on any atom is -0.319 e. The van der Waals surface area contributed by atoms with Gasteiger partial charge in [0.05, 0.1) is 20.6 Å². The molecule has 0 spiro atoms. The molecule has 0 aliphatic heterocycles. The molecular formula is C29H44N+. The Bertz CT molecular complexity index is 687. The molecule has 0 radical (unpaired) electrons. The average Bonchev–Trinajstić information content (AvgIpc) is 2.76. The topological polar surface area (TPSA) is 0 Å². The molecule has 2 aromatic rings. The van der Waals surface area contributed by atoms with Crippen molar-refractivity contribution in [2.75, 3.05) is 20.6 Å². The van der Waals surface area contributed by atoms with Gasteiger partial charge < -0.3 is 4.48 Å². The lowest BCUT2D eigenvalue weighted by Crippen LogP contribution is -2.43. The second-order valence-electron chi connectivity index (χ2n) is 9.32. The number of quaternary nitrogens is 1. The van der Waals surface area contributed by atoms with Crippen molar-refractivity contribution in [3.8, 4) is 0 Å². The van der Waals surface area contributed by atoms with Crippen LogP contribution in [0, 0.1) is 0 Å². The molecule has 0 aromatic heterocycles. The Morgan fingerprint density at radius 2 is 1.23 bits per heavy atom. The number of hydrogen-bond acceptors (Lipinski definition) is 0.